The number of aromatic nitrogens is 4. The monoisotopic (exact) mass is 391 g/mol. The highest BCUT2D eigenvalue weighted by molar-refractivity contribution is 8.00. The van der Waals surface area contributed by atoms with Crippen LogP contribution in [0, 0.1) is 19.7 Å². The molecule has 0 aliphatic rings. The molecule has 6 nitrogen and oxygen atoms in total. The quantitative estimate of drug-likeness (QED) is 0.670. The van der Waals surface area contributed by atoms with Crippen LogP contribution in [0.15, 0.2) is 29.4 Å². The molecule has 1 atom stereocenters. The van der Waals surface area contributed by atoms with Gasteiger partial charge in [0.15, 0.2) is 16.1 Å². The maximum Gasteiger partial charge on any atom is 0.239 e. The predicted molar refractivity (Wildman–Crippen MR) is 102 cm³/mol. The van der Waals surface area contributed by atoms with Gasteiger partial charge in [0.05, 0.1) is 10.9 Å². The van der Waals surface area contributed by atoms with Crippen LogP contribution in [0.25, 0.3) is 11.4 Å². The molecule has 9 heteroatoms. The summed E-state index contributed by atoms with van der Waals surface area (Å²) in [6.45, 7) is 5.67. The van der Waals surface area contributed by atoms with Crippen molar-refractivity contribution in [2.45, 2.75) is 31.2 Å². The first kappa shape index (κ1) is 18.5. The highest BCUT2D eigenvalue weighted by atomic mass is 32.2. The normalized spacial score (nSPS) is 12.2. The number of nitrogens with zero attached hydrogens (tertiary/aromatic N) is 4. The lowest BCUT2D eigenvalue weighted by Gasteiger charge is -2.10. The number of anilines is 1. The summed E-state index contributed by atoms with van der Waals surface area (Å²) in [5, 5.41) is 11.9. The van der Waals surface area contributed by atoms with Crippen molar-refractivity contribution in [1.29, 1.82) is 0 Å². The zero-order valence-corrected chi connectivity index (χ0v) is 16.4. The maximum absolute atomic E-state index is 13.4. The molecule has 2 aromatic heterocycles. The summed E-state index contributed by atoms with van der Waals surface area (Å²) >= 11 is 2.74. The largest absolute Gasteiger partial charge is 0.305 e. The number of rotatable bonds is 5. The first-order chi connectivity index (χ1) is 12.3. The Morgan fingerprint density at radius 1 is 1.35 bits per heavy atom. The van der Waals surface area contributed by atoms with Gasteiger partial charge >= 0.3 is 0 Å². The summed E-state index contributed by atoms with van der Waals surface area (Å²) in [5.41, 5.74) is 1.55. The van der Waals surface area contributed by atoms with Gasteiger partial charge in [-0.15, -0.1) is 21.5 Å². The van der Waals surface area contributed by atoms with Crippen LogP contribution in [-0.2, 0) is 11.8 Å². The van der Waals surface area contributed by atoms with Crippen LogP contribution in [0.4, 0.5) is 9.52 Å². The lowest BCUT2D eigenvalue weighted by molar-refractivity contribution is -0.115. The summed E-state index contributed by atoms with van der Waals surface area (Å²) in [4.78, 5) is 17.8. The third-order valence-electron chi connectivity index (χ3n) is 3.83. The number of aryl methyl sites for hydroxylation is 2. The van der Waals surface area contributed by atoms with Gasteiger partial charge in [-0.1, -0.05) is 23.9 Å². The van der Waals surface area contributed by atoms with Crippen LogP contribution in [-0.4, -0.2) is 30.9 Å². The van der Waals surface area contributed by atoms with Crippen LogP contribution in [0.2, 0.25) is 0 Å². The minimum Gasteiger partial charge on any atom is -0.305 e. The van der Waals surface area contributed by atoms with E-state index in [4.69, 9.17) is 0 Å². The predicted octanol–water partition coefficient (Wildman–Crippen LogP) is 3.81. The third kappa shape index (κ3) is 3.94. The second-order valence-corrected chi connectivity index (χ2v) is 8.30. The number of thioether (sulfide) groups is 1. The number of nitrogens with one attached hydrogen (secondary N) is 1. The van der Waals surface area contributed by atoms with Crippen molar-refractivity contribution in [3.05, 3.63) is 40.7 Å². The molecule has 0 aliphatic heterocycles. The molecule has 0 saturated heterocycles. The van der Waals surface area contributed by atoms with Crippen molar-refractivity contribution >= 4 is 34.1 Å². The molecular formula is C17H18FN5OS2. The second kappa shape index (κ2) is 7.55. The molecule has 0 bridgehead atoms. The Labute approximate surface area is 158 Å². The average Bonchev–Trinajstić information content (AvgIpc) is 3.10. The maximum atomic E-state index is 13.4. The minimum atomic E-state index is -0.386. The standard InChI is InChI=1S/C17H18FN5OS2/c1-9-10(2)25-16(19-9)20-15(24)11(3)26-17-22-21-14(23(17)4)12-6-5-7-13(18)8-12/h5-8,11H,1-4H3,(H,19,20,24). The third-order valence-corrected chi connectivity index (χ3v) is 5.95. The van der Waals surface area contributed by atoms with Crippen LogP contribution in [0.1, 0.15) is 17.5 Å². The topological polar surface area (TPSA) is 72.7 Å². The van der Waals surface area contributed by atoms with Gasteiger partial charge < -0.3 is 9.88 Å². The lowest BCUT2D eigenvalue weighted by Crippen LogP contribution is -2.22. The zero-order valence-electron chi connectivity index (χ0n) is 14.8. The molecule has 1 N–H and O–H groups in total. The molecule has 3 aromatic rings. The Morgan fingerprint density at radius 3 is 2.77 bits per heavy atom. The van der Waals surface area contributed by atoms with Gasteiger partial charge in [-0.2, -0.15) is 0 Å². The lowest BCUT2D eigenvalue weighted by atomic mass is 10.2. The number of amides is 1. The van der Waals surface area contributed by atoms with Gasteiger partial charge in [-0.25, -0.2) is 9.37 Å². The Morgan fingerprint density at radius 2 is 2.12 bits per heavy atom. The van der Waals surface area contributed by atoms with E-state index in [-0.39, 0.29) is 17.0 Å². The average molecular weight is 391 g/mol. The van der Waals surface area contributed by atoms with Crippen molar-refractivity contribution in [3.63, 3.8) is 0 Å². The molecule has 1 amide bonds. The van der Waals surface area contributed by atoms with Crippen molar-refractivity contribution < 1.29 is 9.18 Å². The SMILES string of the molecule is Cc1nc(NC(=O)C(C)Sc2nnc(-c3cccc(F)c3)n2C)sc1C. The molecule has 1 unspecified atom stereocenters. The first-order valence-corrected chi connectivity index (χ1v) is 9.61. The number of hydrogen-bond donors (Lipinski definition) is 1. The molecule has 0 spiro atoms. The van der Waals surface area contributed by atoms with Gasteiger partial charge in [-0.05, 0) is 32.9 Å². The van der Waals surface area contributed by atoms with Gasteiger partial charge in [0.25, 0.3) is 0 Å². The van der Waals surface area contributed by atoms with E-state index in [0.29, 0.717) is 21.7 Å². The Balaban J connectivity index is 1.71. The number of thiazole rings is 1. The smallest absolute Gasteiger partial charge is 0.239 e. The fourth-order valence-corrected chi connectivity index (χ4v) is 3.87. The Bertz CT molecular complexity index is 933. The molecule has 0 saturated carbocycles. The molecular weight excluding hydrogens is 373 g/mol. The molecule has 26 heavy (non-hydrogen) atoms. The van der Waals surface area contributed by atoms with E-state index < -0.39 is 0 Å². The zero-order chi connectivity index (χ0) is 18.8. The number of hydrogen-bond acceptors (Lipinski definition) is 6. The first-order valence-electron chi connectivity index (χ1n) is 7.92. The molecule has 0 fully saturated rings. The molecule has 1 aromatic carbocycles. The summed E-state index contributed by atoms with van der Waals surface area (Å²) in [6.07, 6.45) is 0. The Hall–Kier alpha value is -2.26. The molecule has 2 heterocycles. The van der Waals surface area contributed by atoms with Crippen LogP contribution in [0.5, 0.6) is 0 Å². The fourth-order valence-electron chi connectivity index (χ4n) is 2.24. The minimum absolute atomic E-state index is 0.154. The van der Waals surface area contributed by atoms with Crippen LogP contribution >= 0.6 is 23.1 Å². The molecule has 0 radical (unpaired) electrons. The summed E-state index contributed by atoms with van der Waals surface area (Å²) in [7, 11) is 1.79. The second-order valence-electron chi connectivity index (χ2n) is 5.79. The number of carbonyl (C=O) groups excluding carboxylic acids is 1. The van der Waals surface area contributed by atoms with E-state index in [1.165, 1.54) is 35.2 Å². The van der Waals surface area contributed by atoms with Gasteiger partial charge in [0, 0.05) is 17.5 Å². The van der Waals surface area contributed by atoms with Gasteiger partial charge in [-0.3, -0.25) is 4.79 Å². The fraction of sp³-hybridized carbons (Fsp3) is 0.294. The highest BCUT2D eigenvalue weighted by Crippen LogP contribution is 2.27. The van der Waals surface area contributed by atoms with Crippen molar-refractivity contribution in [1.82, 2.24) is 19.7 Å². The van der Waals surface area contributed by atoms with Crippen LogP contribution in [0.3, 0.4) is 0 Å². The Kier molecular flexibility index (Phi) is 5.38. The van der Waals surface area contributed by atoms with Crippen molar-refractivity contribution in [2.24, 2.45) is 7.05 Å². The summed E-state index contributed by atoms with van der Waals surface area (Å²) < 4.78 is 15.2. The number of benzene rings is 1. The molecule has 3 rings (SSSR count). The number of halogens is 1. The van der Waals surface area contributed by atoms with Gasteiger partial charge in [0.1, 0.15) is 5.82 Å². The van der Waals surface area contributed by atoms with E-state index in [1.54, 1.807) is 30.7 Å². The molecule has 136 valence electrons. The summed E-state index contributed by atoms with van der Waals surface area (Å²) in [5.74, 6) is 0.0614. The van der Waals surface area contributed by atoms with E-state index in [2.05, 4.69) is 20.5 Å². The van der Waals surface area contributed by atoms with Crippen molar-refractivity contribution in [3.8, 4) is 11.4 Å². The van der Waals surface area contributed by atoms with Gasteiger partial charge in [0.2, 0.25) is 5.91 Å². The number of carbonyl (C=O) groups is 1. The van der Waals surface area contributed by atoms with E-state index in [0.717, 1.165) is 10.6 Å². The molecule has 0 aliphatic carbocycles. The van der Waals surface area contributed by atoms with E-state index >= 15 is 0 Å². The van der Waals surface area contributed by atoms with Crippen LogP contribution < -0.4 is 5.32 Å². The van der Waals surface area contributed by atoms with Crippen molar-refractivity contribution in [2.75, 3.05) is 5.32 Å². The van der Waals surface area contributed by atoms with E-state index in [1.807, 2.05) is 13.8 Å². The van der Waals surface area contributed by atoms with E-state index in [9.17, 15) is 9.18 Å². The highest BCUT2D eigenvalue weighted by Gasteiger charge is 2.20. The summed E-state index contributed by atoms with van der Waals surface area (Å²) in [6, 6.07) is 6.18.